The summed E-state index contributed by atoms with van der Waals surface area (Å²) in [5, 5.41) is 4.56. The van der Waals surface area contributed by atoms with Crippen LogP contribution in [-0.2, 0) is 9.59 Å². The highest BCUT2D eigenvalue weighted by Crippen LogP contribution is 2.32. The summed E-state index contributed by atoms with van der Waals surface area (Å²) in [6.45, 7) is 1.89. The lowest BCUT2D eigenvalue weighted by Crippen LogP contribution is -2.54. The number of thiocarbonyl (C=S) groups is 1. The highest BCUT2D eigenvalue weighted by molar-refractivity contribution is 7.80. The molecule has 2 amide bonds. The quantitative estimate of drug-likeness (QED) is 0.409. The molecule has 0 radical (unpaired) electrons. The summed E-state index contributed by atoms with van der Waals surface area (Å²) in [5.74, 6) is -0.421. The maximum atomic E-state index is 13.3. The van der Waals surface area contributed by atoms with Gasteiger partial charge >= 0.3 is 0 Å². The van der Waals surface area contributed by atoms with E-state index < -0.39 is 11.8 Å². The second-order valence-electron chi connectivity index (χ2n) is 6.65. The Labute approximate surface area is 173 Å². The largest absolute Gasteiger partial charge is 0.496 e. The second kappa shape index (κ2) is 7.48. The minimum Gasteiger partial charge on any atom is -0.496 e. The van der Waals surface area contributed by atoms with Crippen molar-refractivity contribution < 1.29 is 14.3 Å². The molecule has 29 heavy (non-hydrogen) atoms. The molecule has 6 heteroatoms. The average Bonchev–Trinajstić information content (AvgIpc) is 2.72. The summed E-state index contributed by atoms with van der Waals surface area (Å²) >= 11 is 5.29. The zero-order valence-electron chi connectivity index (χ0n) is 15.9. The second-order valence-corrected chi connectivity index (χ2v) is 7.03. The topological polar surface area (TPSA) is 58.6 Å². The molecule has 3 aromatic carbocycles. The number of nitrogens with zero attached hydrogens (tertiary/aromatic N) is 1. The Morgan fingerprint density at radius 1 is 1.00 bits per heavy atom. The first-order chi connectivity index (χ1) is 14.0. The summed E-state index contributed by atoms with van der Waals surface area (Å²) < 4.78 is 5.49. The molecule has 1 N–H and O–H groups in total. The number of benzene rings is 3. The standard InChI is InChI=1S/C23H18N2O3S/c1-14-7-3-6-10-19(14)25-22(27)18(21(26)24-23(25)29)13-17-16-9-5-4-8-15(16)11-12-20(17)28-2/h3-13H,1-2H3,(H,24,26,29). The fourth-order valence-electron chi connectivity index (χ4n) is 3.44. The van der Waals surface area contributed by atoms with Crippen LogP contribution in [0.4, 0.5) is 5.69 Å². The van der Waals surface area contributed by atoms with E-state index in [0.29, 0.717) is 17.0 Å². The smallest absolute Gasteiger partial charge is 0.270 e. The lowest BCUT2D eigenvalue weighted by Gasteiger charge is -2.30. The molecule has 1 heterocycles. The minimum absolute atomic E-state index is 0.00324. The average molecular weight is 402 g/mol. The van der Waals surface area contributed by atoms with Gasteiger partial charge in [0.25, 0.3) is 11.8 Å². The van der Waals surface area contributed by atoms with Crippen molar-refractivity contribution in [2.24, 2.45) is 0 Å². The van der Waals surface area contributed by atoms with Gasteiger partial charge in [0, 0.05) is 5.56 Å². The first-order valence-electron chi connectivity index (χ1n) is 9.04. The van der Waals surface area contributed by atoms with Crippen LogP contribution in [-0.4, -0.2) is 24.0 Å². The van der Waals surface area contributed by atoms with Crippen molar-refractivity contribution in [3.63, 3.8) is 0 Å². The summed E-state index contributed by atoms with van der Waals surface area (Å²) in [4.78, 5) is 27.3. The Balaban J connectivity index is 1.89. The van der Waals surface area contributed by atoms with Gasteiger partial charge < -0.3 is 4.74 Å². The SMILES string of the molecule is COc1ccc2ccccc2c1C=C1C(=O)NC(=S)N(c2ccccc2C)C1=O. The molecule has 3 aromatic rings. The highest BCUT2D eigenvalue weighted by Gasteiger charge is 2.35. The number of amides is 2. The van der Waals surface area contributed by atoms with E-state index in [-0.39, 0.29) is 10.7 Å². The molecule has 0 aromatic heterocycles. The van der Waals surface area contributed by atoms with Crippen LogP contribution in [0.5, 0.6) is 5.75 Å². The van der Waals surface area contributed by atoms with E-state index in [9.17, 15) is 9.59 Å². The number of carbonyl (C=O) groups is 2. The van der Waals surface area contributed by atoms with Crippen molar-refractivity contribution in [1.82, 2.24) is 5.32 Å². The van der Waals surface area contributed by atoms with E-state index >= 15 is 0 Å². The Bertz CT molecular complexity index is 1200. The predicted octanol–water partition coefficient (Wildman–Crippen LogP) is 3.99. The van der Waals surface area contributed by atoms with Crippen LogP contribution in [0, 0.1) is 6.92 Å². The van der Waals surface area contributed by atoms with Crippen LogP contribution in [0.15, 0.2) is 66.2 Å². The molecule has 1 aliphatic heterocycles. The zero-order valence-corrected chi connectivity index (χ0v) is 16.7. The number of anilines is 1. The molecule has 1 saturated heterocycles. The molecule has 5 nitrogen and oxygen atoms in total. The Kier molecular flexibility index (Phi) is 4.86. The van der Waals surface area contributed by atoms with Crippen molar-refractivity contribution in [3.8, 4) is 5.75 Å². The summed E-state index contributed by atoms with van der Waals surface area (Å²) in [6, 6.07) is 18.9. The number of ether oxygens (including phenoxy) is 1. The fraction of sp³-hybridized carbons (Fsp3) is 0.0870. The van der Waals surface area contributed by atoms with E-state index in [4.69, 9.17) is 17.0 Å². The van der Waals surface area contributed by atoms with Crippen LogP contribution in [0.25, 0.3) is 16.8 Å². The van der Waals surface area contributed by atoms with Crippen molar-refractivity contribution in [3.05, 3.63) is 77.4 Å². The van der Waals surface area contributed by atoms with Gasteiger partial charge in [0.15, 0.2) is 5.11 Å². The summed E-state index contributed by atoms with van der Waals surface area (Å²) in [7, 11) is 1.56. The lowest BCUT2D eigenvalue weighted by molar-refractivity contribution is -0.122. The Hall–Kier alpha value is -3.51. The molecule has 4 rings (SSSR count). The zero-order chi connectivity index (χ0) is 20.5. The number of methoxy groups -OCH3 is 1. The third-order valence-corrected chi connectivity index (χ3v) is 5.18. The molecule has 0 spiro atoms. The Morgan fingerprint density at radius 3 is 2.48 bits per heavy atom. The lowest BCUT2D eigenvalue weighted by atomic mass is 9.99. The number of aryl methyl sites for hydroxylation is 1. The third-order valence-electron chi connectivity index (χ3n) is 4.90. The van der Waals surface area contributed by atoms with Crippen molar-refractivity contribution >= 4 is 51.7 Å². The van der Waals surface area contributed by atoms with E-state index in [1.54, 1.807) is 19.3 Å². The van der Waals surface area contributed by atoms with Crippen molar-refractivity contribution in [2.45, 2.75) is 6.92 Å². The number of hydrogen-bond donors (Lipinski definition) is 1. The number of nitrogens with one attached hydrogen (secondary N) is 1. The van der Waals surface area contributed by atoms with Crippen LogP contribution < -0.4 is 15.0 Å². The molecule has 1 aliphatic rings. The molecule has 0 aliphatic carbocycles. The Morgan fingerprint density at radius 2 is 1.72 bits per heavy atom. The van der Waals surface area contributed by atoms with Gasteiger partial charge in [-0.1, -0.05) is 48.5 Å². The fourth-order valence-corrected chi connectivity index (χ4v) is 3.71. The van der Waals surface area contributed by atoms with Gasteiger partial charge in [0.2, 0.25) is 0 Å². The minimum atomic E-state index is -0.528. The molecular formula is C23H18N2O3S. The number of hydrogen-bond acceptors (Lipinski definition) is 4. The molecule has 1 fully saturated rings. The molecule has 0 saturated carbocycles. The van der Waals surface area contributed by atoms with Crippen LogP contribution in [0.3, 0.4) is 0 Å². The number of rotatable bonds is 3. The number of para-hydroxylation sites is 1. The first kappa shape index (κ1) is 18.8. The number of fused-ring (bicyclic) bond motifs is 1. The normalized spacial score (nSPS) is 15.7. The van der Waals surface area contributed by atoms with Gasteiger partial charge in [-0.3, -0.25) is 19.8 Å². The summed E-state index contributed by atoms with van der Waals surface area (Å²) in [5.41, 5.74) is 2.18. The van der Waals surface area contributed by atoms with Gasteiger partial charge in [-0.2, -0.15) is 0 Å². The van der Waals surface area contributed by atoms with Crippen molar-refractivity contribution in [2.75, 3.05) is 12.0 Å². The molecule has 0 bridgehead atoms. The maximum Gasteiger partial charge on any atom is 0.270 e. The number of carbonyl (C=O) groups excluding carboxylic acids is 2. The molecule has 0 atom stereocenters. The molecule has 144 valence electrons. The molecule has 0 unspecified atom stereocenters. The van der Waals surface area contributed by atoms with E-state index in [2.05, 4.69) is 5.32 Å². The van der Waals surface area contributed by atoms with E-state index in [0.717, 1.165) is 16.3 Å². The first-order valence-corrected chi connectivity index (χ1v) is 9.45. The van der Waals surface area contributed by atoms with Crippen LogP contribution in [0.1, 0.15) is 11.1 Å². The van der Waals surface area contributed by atoms with Gasteiger partial charge in [-0.25, -0.2) is 0 Å². The van der Waals surface area contributed by atoms with Crippen molar-refractivity contribution in [1.29, 1.82) is 0 Å². The van der Waals surface area contributed by atoms with Gasteiger partial charge in [0.1, 0.15) is 11.3 Å². The van der Waals surface area contributed by atoms with E-state index in [1.807, 2.05) is 61.5 Å². The monoisotopic (exact) mass is 402 g/mol. The highest BCUT2D eigenvalue weighted by atomic mass is 32.1. The van der Waals surface area contributed by atoms with Gasteiger partial charge in [0.05, 0.1) is 12.8 Å². The predicted molar refractivity (Wildman–Crippen MR) is 118 cm³/mol. The van der Waals surface area contributed by atoms with Crippen LogP contribution in [0.2, 0.25) is 0 Å². The maximum absolute atomic E-state index is 13.3. The van der Waals surface area contributed by atoms with Crippen LogP contribution >= 0.6 is 12.2 Å². The van der Waals surface area contributed by atoms with Gasteiger partial charge in [-0.15, -0.1) is 0 Å². The summed E-state index contributed by atoms with van der Waals surface area (Å²) in [6.07, 6.45) is 1.58. The van der Waals surface area contributed by atoms with Gasteiger partial charge in [-0.05, 0) is 53.7 Å². The molecular weight excluding hydrogens is 384 g/mol. The third kappa shape index (κ3) is 3.28. The van der Waals surface area contributed by atoms with E-state index in [1.165, 1.54) is 4.90 Å².